The zero-order valence-electron chi connectivity index (χ0n) is 10.1. The summed E-state index contributed by atoms with van der Waals surface area (Å²) in [4.78, 5) is 0. The minimum atomic E-state index is -4.42. The highest BCUT2D eigenvalue weighted by Crippen LogP contribution is 2.36. The summed E-state index contributed by atoms with van der Waals surface area (Å²) in [6.07, 6.45) is -6.32. The average molecular weight is 266 g/mol. The van der Waals surface area contributed by atoms with Crippen LogP contribution in [0.15, 0.2) is 60.7 Å². The molecule has 0 aliphatic heterocycles. The van der Waals surface area contributed by atoms with Gasteiger partial charge in [-0.15, -0.1) is 0 Å². The van der Waals surface area contributed by atoms with Crippen molar-refractivity contribution in [3.8, 4) is 0 Å². The van der Waals surface area contributed by atoms with E-state index in [1.807, 2.05) is 6.07 Å². The molecule has 0 unspecified atom stereocenters. The fraction of sp³-hybridized carbons (Fsp3) is 0.200. The predicted octanol–water partition coefficient (Wildman–Crippen LogP) is 4.51. The molecule has 2 aromatic carbocycles. The van der Waals surface area contributed by atoms with Crippen molar-refractivity contribution in [2.45, 2.75) is 18.9 Å². The van der Waals surface area contributed by atoms with Crippen molar-refractivity contribution in [1.82, 2.24) is 0 Å². The molecule has 0 amide bonds. The number of halogens is 3. The van der Waals surface area contributed by atoms with E-state index in [-0.39, 0.29) is 12.2 Å². The van der Waals surface area contributed by atoms with E-state index in [0.29, 0.717) is 5.56 Å². The molecule has 0 fully saturated rings. The van der Waals surface area contributed by atoms with Gasteiger partial charge in [-0.25, -0.2) is 0 Å². The van der Waals surface area contributed by atoms with Crippen LogP contribution < -0.4 is 0 Å². The summed E-state index contributed by atoms with van der Waals surface area (Å²) in [5, 5.41) is 0. The third kappa shape index (κ3) is 3.83. The summed E-state index contributed by atoms with van der Waals surface area (Å²) in [5.74, 6) is 0. The summed E-state index contributed by atoms with van der Waals surface area (Å²) in [6.45, 7) is -0.0695. The molecule has 0 aromatic heterocycles. The maximum atomic E-state index is 13.0. The Labute approximate surface area is 109 Å². The van der Waals surface area contributed by atoms with Gasteiger partial charge in [0.2, 0.25) is 0 Å². The van der Waals surface area contributed by atoms with E-state index in [1.165, 1.54) is 12.1 Å². The van der Waals surface area contributed by atoms with Crippen LogP contribution in [-0.4, -0.2) is 6.18 Å². The normalized spacial score (nSPS) is 13.2. The Kier molecular flexibility index (Phi) is 4.22. The van der Waals surface area contributed by atoms with Crippen molar-refractivity contribution in [1.29, 1.82) is 0 Å². The molecule has 4 heteroatoms. The van der Waals surface area contributed by atoms with Gasteiger partial charge in [0, 0.05) is 0 Å². The van der Waals surface area contributed by atoms with Gasteiger partial charge < -0.3 is 4.74 Å². The number of hydrogen-bond donors (Lipinski definition) is 0. The molecule has 0 N–H and O–H groups in total. The molecular formula is C15H13F3O. The molecule has 2 aromatic rings. The Hall–Kier alpha value is -1.81. The van der Waals surface area contributed by atoms with Crippen molar-refractivity contribution >= 4 is 0 Å². The number of benzene rings is 2. The van der Waals surface area contributed by atoms with E-state index in [2.05, 4.69) is 0 Å². The number of ether oxygens (including phenoxy) is 1. The average Bonchev–Trinajstić information content (AvgIpc) is 2.40. The van der Waals surface area contributed by atoms with Gasteiger partial charge >= 0.3 is 6.18 Å². The second kappa shape index (κ2) is 5.89. The standard InChI is InChI=1S/C15H13F3O/c16-15(17,18)14(13-9-5-2-6-10-13)19-11-12-7-3-1-4-8-12/h1-10,14H,11H2/t14-/m1/s1. The summed E-state index contributed by atoms with van der Waals surface area (Å²) in [5.41, 5.74) is 0.832. The van der Waals surface area contributed by atoms with Crippen LogP contribution in [0.5, 0.6) is 0 Å². The van der Waals surface area contributed by atoms with Crippen molar-refractivity contribution in [2.75, 3.05) is 0 Å². The molecule has 0 saturated carbocycles. The summed E-state index contributed by atoms with van der Waals surface area (Å²) >= 11 is 0. The molecule has 0 aliphatic carbocycles. The first-order chi connectivity index (χ1) is 9.07. The summed E-state index contributed by atoms with van der Waals surface area (Å²) in [6, 6.07) is 16.5. The minimum Gasteiger partial charge on any atom is -0.359 e. The van der Waals surface area contributed by atoms with Crippen LogP contribution in [0, 0.1) is 0 Å². The number of rotatable bonds is 4. The molecule has 0 spiro atoms. The van der Waals surface area contributed by atoms with Gasteiger partial charge in [0.25, 0.3) is 0 Å². The van der Waals surface area contributed by atoms with Gasteiger partial charge in [-0.2, -0.15) is 13.2 Å². The highest BCUT2D eigenvalue weighted by molar-refractivity contribution is 5.19. The first-order valence-electron chi connectivity index (χ1n) is 5.84. The lowest BCUT2D eigenvalue weighted by molar-refractivity contribution is -0.227. The van der Waals surface area contributed by atoms with Crippen LogP contribution in [0.25, 0.3) is 0 Å². The zero-order chi connectivity index (χ0) is 13.7. The first-order valence-corrected chi connectivity index (χ1v) is 5.84. The third-order valence-corrected chi connectivity index (χ3v) is 2.66. The fourth-order valence-electron chi connectivity index (χ4n) is 1.76. The Morgan fingerprint density at radius 2 is 1.37 bits per heavy atom. The van der Waals surface area contributed by atoms with Crippen molar-refractivity contribution < 1.29 is 17.9 Å². The molecule has 100 valence electrons. The van der Waals surface area contributed by atoms with Crippen LogP contribution in [0.4, 0.5) is 13.2 Å². The lowest BCUT2D eigenvalue weighted by atomic mass is 10.1. The second-order valence-corrected chi connectivity index (χ2v) is 4.13. The van der Waals surface area contributed by atoms with E-state index < -0.39 is 12.3 Å². The zero-order valence-corrected chi connectivity index (χ0v) is 10.1. The minimum absolute atomic E-state index is 0.0695. The Morgan fingerprint density at radius 1 is 0.842 bits per heavy atom. The molecular weight excluding hydrogens is 253 g/mol. The molecule has 0 radical (unpaired) electrons. The van der Waals surface area contributed by atoms with Gasteiger partial charge in [0.1, 0.15) is 0 Å². The van der Waals surface area contributed by atoms with Crippen LogP contribution in [0.1, 0.15) is 17.2 Å². The predicted molar refractivity (Wildman–Crippen MR) is 66.5 cm³/mol. The maximum Gasteiger partial charge on any atom is 0.418 e. The molecule has 2 rings (SSSR count). The number of hydrogen-bond acceptors (Lipinski definition) is 1. The van der Waals surface area contributed by atoms with E-state index in [1.54, 1.807) is 42.5 Å². The van der Waals surface area contributed by atoms with Gasteiger partial charge in [0.15, 0.2) is 6.10 Å². The molecule has 0 heterocycles. The highest BCUT2D eigenvalue weighted by Gasteiger charge is 2.41. The van der Waals surface area contributed by atoms with E-state index >= 15 is 0 Å². The van der Waals surface area contributed by atoms with Crippen LogP contribution in [0.2, 0.25) is 0 Å². The van der Waals surface area contributed by atoms with Crippen molar-refractivity contribution in [3.05, 3.63) is 71.8 Å². The van der Waals surface area contributed by atoms with E-state index in [9.17, 15) is 13.2 Å². The third-order valence-electron chi connectivity index (χ3n) is 2.66. The molecule has 0 aliphatic rings. The quantitative estimate of drug-likeness (QED) is 0.791. The van der Waals surface area contributed by atoms with Gasteiger partial charge in [-0.05, 0) is 11.1 Å². The maximum absolute atomic E-state index is 13.0. The number of alkyl halides is 3. The SMILES string of the molecule is FC(F)(F)[C@H](OCc1ccccc1)c1ccccc1. The second-order valence-electron chi connectivity index (χ2n) is 4.13. The molecule has 1 nitrogen and oxygen atoms in total. The summed E-state index contributed by atoms with van der Waals surface area (Å²) in [7, 11) is 0. The van der Waals surface area contributed by atoms with Gasteiger partial charge in [0.05, 0.1) is 6.61 Å². The molecule has 1 atom stereocenters. The van der Waals surface area contributed by atoms with Crippen LogP contribution >= 0.6 is 0 Å². The van der Waals surface area contributed by atoms with Crippen LogP contribution in [-0.2, 0) is 11.3 Å². The first kappa shape index (κ1) is 13.6. The topological polar surface area (TPSA) is 9.23 Å². The lowest BCUT2D eigenvalue weighted by Gasteiger charge is -2.21. The Balaban J connectivity index is 2.12. The van der Waals surface area contributed by atoms with E-state index in [0.717, 1.165) is 0 Å². The van der Waals surface area contributed by atoms with Gasteiger partial charge in [-0.1, -0.05) is 60.7 Å². The van der Waals surface area contributed by atoms with E-state index in [4.69, 9.17) is 4.74 Å². The van der Waals surface area contributed by atoms with Crippen molar-refractivity contribution in [3.63, 3.8) is 0 Å². The summed E-state index contributed by atoms with van der Waals surface area (Å²) < 4.78 is 44.0. The van der Waals surface area contributed by atoms with Gasteiger partial charge in [-0.3, -0.25) is 0 Å². The van der Waals surface area contributed by atoms with Crippen LogP contribution in [0.3, 0.4) is 0 Å². The fourth-order valence-corrected chi connectivity index (χ4v) is 1.76. The monoisotopic (exact) mass is 266 g/mol. The lowest BCUT2D eigenvalue weighted by Crippen LogP contribution is -2.23. The molecule has 19 heavy (non-hydrogen) atoms. The highest BCUT2D eigenvalue weighted by atomic mass is 19.4. The van der Waals surface area contributed by atoms with Crippen molar-refractivity contribution in [2.24, 2.45) is 0 Å². The molecule has 0 bridgehead atoms. The Morgan fingerprint density at radius 3 is 1.89 bits per heavy atom. The smallest absolute Gasteiger partial charge is 0.359 e. The molecule has 0 saturated heterocycles. The Bertz CT molecular complexity index is 494. The largest absolute Gasteiger partial charge is 0.418 e.